The van der Waals surface area contributed by atoms with Gasteiger partial charge in [-0.25, -0.2) is 13.4 Å². The average Bonchev–Trinajstić information content (AvgIpc) is 3.18. The first-order valence-electron chi connectivity index (χ1n) is 13.6. The molecule has 10 heteroatoms. The summed E-state index contributed by atoms with van der Waals surface area (Å²) in [7, 11) is -4.59. The van der Waals surface area contributed by atoms with Crippen molar-refractivity contribution in [2.24, 2.45) is 4.99 Å². The molecule has 2 unspecified atom stereocenters. The molecule has 0 amide bonds. The third-order valence-electron chi connectivity index (χ3n) is 6.65. The number of aliphatic hydroxyl groups excluding tert-OH is 2. The number of hydrogen-bond donors (Lipinski definition) is 2. The Bertz CT molecular complexity index is 760. The van der Waals surface area contributed by atoms with Crippen LogP contribution in [0.5, 0.6) is 0 Å². The molecule has 2 atom stereocenters. The Balaban J connectivity index is 0.0000122. The third kappa shape index (κ3) is 16.0. The molecule has 1 aliphatic rings. The van der Waals surface area contributed by atoms with Crippen LogP contribution in [0, 0.1) is 0 Å². The zero-order chi connectivity index (χ0) is 26.0. The first-order chi connectivity index (χ1) is 16.7. The second-order valence-electron chi connectivity index (χ2n) is 9.84. The maximum absolute atomic E-state index is 12.8. The summed E-state index contributed by atoms with van der Waals surface area (Å²) in [6, 6.07) is 0. The van der Waals surface area contributed by atoms with Crippen LogP contribution in [0.2, 0.25) is 0 Å². The van der Waals surface area contributed by atoms with E-state index in [1.54, 1.807) is 0 Å². The van der Waals surface area contributed by atoms with Crippen molar-refractivity contribution in [2.45, 2.75) is 103 Å². The van der Waals surface area contributed by atoms with Crippen LogP contribution in [-0.2, 0) is 14.9 Å². The molecule has 0 spiro atoms. The number of nitrogens with zero attached hydrogens (tertiary/aromatic N) is 2. The van der Waals surface area contributed by atoms with Gasteiger partial charge in [-0.3, -0.25) is 9.28 Å². The number of carbonyl (C=O) groups is 1. The van der Waals surface area contributed by atoms with Crippen LogP contribution in [-0.4, -0.2) is 83.9 Å². The van der Waals surface area contributed by atoms with Crippen molar-refractivity contribution >= 4 is 21.7 Å². The number of carbonyl (C=O) groups excluding carboxylic acids is 1. The topological polar surface area (TPSA) is 127 Å². The monoisotopic (exact) mass is 539 g/mol. The number of allylic oxidation sites excluding steroid dienone is 2. The molecule has 0 saturated heterocycles. The van der Waals surface area contributed by atoms with E-state index in [1.807, 2.05) is 6.08 Å². The van der Waals surface area contributed by atoms with Crippen LogP contribution >= 0.6 is 0 Å². The Morgan fingerprint density at radius 1 is 1.03 bits per heavy atom. The number of amidine groups is 1. The second-order valence-corrected chi connectivity index (χ2v) is 11.3. The van der Waals surface area contributed by atoms with Crippen molar-refractivity contribution in [3.8, 4) is 0 Å². The number of aliphatic imine (C=N–C) groups is 1. The van der Waals surface area contributed by atoms with Crippen molar-refractivity contribution in [3.63, 3.8) is 0 Å². The molecular formula is C26H48N2NaO6S+. The van der Waals surface area contributed by atoms with Crippen LogP contribution in [0.15, 0.2) is 17.1 Å². The van der Waals surface area contributed by atoms with Gasteiger partial charge in [0.1, 0.15) is 25.7 Å². The minimum absolute atomic E-state index is 0. The molecule has 0 aromatic heterocycles. The first kappa shape index (κ1) is 35.9. The van der Waals surface area contributed by atoms with Crippen molar-refractivity contribution < 1.29 is 62.0 Å². The van der Waals surface area contributed by atoms with Gasteiger partial charge < -0.3 is 14.8 Å². The number of ketones is 1. The maximum Gasteiger partial charge on any atom is 1.00 e. The maximum atomic E-state index is 12.8. The number of aliphatic hydroxyl groups is 2. The fourth-order valence-electron chi connectivity index (χ4n) is 4.81. The number of hydrogen-bond acceptors (Lipinski definition) is 7. The van der Waals surface area contributed by atoms with E-state index in [1.165, 1.54) is 64.2 Å². The summed E-state index contributed by atoms with van der Waals surface area (Å²) >= 11 is 0. The smallest absolute Gasteiger partial charge is 0.748 e. The fourth-order valence-corrected chi connectivity index (χ4v) is 5.39. The number of unbranched alkanes of at least 4 members (excludes halogenated alkanes) is 11. The van der Waals surface area contributed by atoms with Crippen molar-refractivity contribution in [2.75, 3.05) is 38.5 Å². The standard InChI is InChI=1S/C26H48N2O6S.Na/c1-2-3-4-5-6-7-8-9-10-11-12-13-14-15-16-17-25(31)26-27-18-19-28(26,20-21-29)22-24(30)23-35(32,33)34;/h14-15,24,29-30H,2-13,16-23H2,1H3;/q;+1/b15-14+;. The first-order valence-corrected chi connectivity index (χ1v) is 15.1. The van der Waals surface area contributed by atoms with Gasteiger partial charge >= 0.3 is 29.6 Å². The van der Waals surface area contributed by atoms with Crippen molar-refractivity contribution in [3.05, 3.63) is 12.2 Å². The summed E-state index contributed by atoms with van der Waals surface area (Å²) in [4.78, 5) is 17.1. The quantitative estimate of drug-likeness (QED) is 0.0686. The molecule has 0 saturated carbocycles. The van der Waals surface area contributed by atoms with E-state index >= 15 is 0 Å². The second kappa shape index (κ2) is 20.8. The van der Waals surface area contributed by atoms with E-state index in [0.29, 0.717) is 19.5 Å². The van der Waals surface area contributed by atoms with Gasteiger partial charge in [0, 0.05) is 6.42 Å². The Labute approximate surface area is 241 Å². The molecule has 204 valence electrons. The normalized spacial score (nSPS) is 18.8. The van der Waals surface area contributed by atoms with Gasteiger partial charge in [0.25, 0.3) is 5.84 Å². The minimum atomic E-state index is -4.59. The van der Waals surface area contributed by atoms with Crippen LogP contribution in [0.3, 0.4) is 0 Å². The predicted octanol–water partition coefficient (Wildman–Crippen LogP) is 0.724. The van der Waals surface area contributed by atoms with E-state index in [9.17, 15) is 28.0 Å². The number of Topliss-reactive ketones (excluding diaryl/α,β-unsaturated/α-hetero) is 1. The van der Waals surface area contributed by atoms with E-state index in [-0.39, 0.29) is 71.8 Å². The van der Waals surface area contributed by atoms with Crippen LogP contribution in [0.1, 0.15) is 96.8 Å². The SMILES string of the molecule is CCCCCCCCCCCCC/C=C/CCC(=O)C1=NCC[N+]1(CCO)CC(O)CS(=O)(=O)[O-].[Na+]. The van der Waals surface area contributed by atoms with Gasteiger partial charge in [-0.2, -0.15) is 0 Å². The molecule has 1 heterocycles. The molecule has 1 aliphatic heterocycles. The van der Waals surface area contributed by atoms with Gasteiger partial charge in [0.15, 0.2) is 0 Å². The summed E-state index contributed by atoms with van der Waals surface area (Å²) in [5, 5.41) is 19.6. The van der Waals surface area contributed by atoms with E-state index in [2.05, 4.69) is 18.0 Å². The molecule has 0 aromatic rings. The van der Waals surface area contributed by atoms with Crippen LogP contribution in [0.4, 0.5) is 0 Å². The molecule has 0 aliphatic carbocycles. The zero-order valence-corrected chi connectivity index (χ0v) is 25.5. The van der Waals surface area contributed by atoms with E-state index in [0.717, 1.165) is 12.8 Å². The molecule has 2 N–H and O–H groups in total. The fraction of sp³-hybridized carbons (Fsp3) is 0.846. The molecule has 0 radical (unpaired) electrons. The van der Waals surface area contributed by atoms with E-state index < -0.39 is 22.0 Å². The number of rotatable bonds is 22. The Hall–Kier alpha value is -0.130. The number of quaternary nitrogens is 1. The van der Waals surface area contributed by atoms with Gasteiger partial charge in [-0.05, 0) is 19.3 Å². The van der Waals surface area contributed by atoms with Gasteiger partial charge in [-0.1, -0.05) is 83.3 Å². The average molecular weight is 540 g/mol. The molecule has 36 heavy (non-hydrogen) atoms. The molecule has 8 nitrogen and oxygen atoms in total. The van der Waals surface area contributed by atoms with Crippen LogP contribution < -0.4 is 29.6 Å². The Morgan fingerprint density at radius 3 is 2.14 bits per heavy atom. The largest absolute Gasteiger partial charge is 1.00 e. The molecule has 0 bridgehead atoms. The van der Waals surface area contributed by atoms with Crippen molar-refractivity contribution in [1.82, 2.24) is 0 Å². The summed E-state index contributed by atoms with van der Waals surface area (Å²) < 4.78 is 32.9. The Morgan fingerprint density at radius 2 is 1.58 bits per heavy atom. The van der Waals surface area contributed by atoms with Gasteiger partial charge in [-0.15, -0.1) is 0 Å². The predicted molar refractivity (Wildman–Crippen MR) is 139 cm³/mol. The third-order valence-corrected chi connectivity index (χ3v) is 7.45. The summed E-state index contributed by atoms with van der Waals surface area (Å²) in [5.74, 6) is -0.811. The van der Waals surface area contributed by atoms with Crippen molar-refractivity contribution in [1.29, 1.82) is 0 Å². The minimum Gasteiger partial charge on any atom is -0.748 e. The van der Waals surface area contributed by atoms with E-state index in [4.69, 9.17) is 0 Å². The van der Waals surface area contributed by atoms with Crippen LogP contribution in [0.25, 0.3) is 0 Å². The summed E-state index contributed by atoms with van der Waals surface area (Å²) in [6.07, 6.45) is 19.1. The molecule has 0 fully saturated rings. The summed E-state index contributed by atoms with van der Waals surface area (Å²) in [5.41, 5.74) is 0. The molecule has 0 aromatic carbocycles. The van der Waals surface area contributed by atoms with Gasteiger partial charge in [0.2, 0.25) is 5.78 Å². The Kier molecular flexibility index (Phi) is 20.7. The summed E-state index contributed by atoms with van der Waals surface area (Å²) in [6.45, 7) is 2.80. The molecular weight excluding hydrogens is 491 g/mol. The van der Waals surface area contributed by atoms with Gasteiger partial charge in [0.05, 0.1) is 29.0 Å². The molecule has 1 rings (SSSR count). The zero-order valence-electron chi connectivity index (χ0n) is 22.7.